The number of amides is 2. The molecule has 0 aromatic heterocycles. The van der Waals surface area contributed by atoms with E-state index in [1.54, 1.807) is 38.1 Å². The Bertz CT molecular complexity index is 984. The van der Waals surface area contributed by atoms with Crippen LogP contribution in [0.1, 0.15) is 11.1 Å². The molecule has 30 heavy (non-hydrogen) atoms. The van der Waals surface area contributed by atoms with E-state index in [2.05, 4.69) is 10.6 Å². The average molecular weight is 406 g/mol. The van der Waals surface area contributed by atoms with E-state index in [9.17, 15) is 29.4 Å². The van der Waals surface area contributed by atoms with Crippen molar-refractivity contribution in [3.8, 4) is 11.1 Å². The first-order valence-corrected chi connectivity index (χ1v) is 8.77. The molecule has 0 saturated heterocycles. The molecule has 2 aromatic carbocycles. The van der Waals surface area contributed by atoms with Crippen LogP contribution < -0.4 is 20.8 Å². The molecular weight excluding hydrogens is 388 g/mol. The fraction of sp³-hybridized carbons (Fsp3) is 0.0909. The number of benzene rings is 2. The molecule has 0 unspecified atom stereocenters. The molecule has 0 spiro atoms. The van der Waals surface area contributed by atoms with E-state index < -0.39 is 23.8 Å². The zero-order chi connectivity index (χ0) is 22.3. The third-order valence-electron chi connectivity index (χ3n) is 4.04. The van der Waals surface area contributed by atoms with E-state index >= 15 is 0 Å². The maximum atomic E-state index is 11.7. The minimum Gasteiger partial charge on any atom is -0.545 e. The molecule has 0 aliphatic rings. The Balaban J connectivity index is 2.16. The van der Waals surface area contributed by atoms with Crippen LogP contribution in [0, 0.1) is 13.8 Å². The van der Waals surface area contributed by atoms with E-state index in [-0.39, 0.29) is 0 Å². The lowest BCUT2D eigenvalue weighted by atomic mass is 10.00. The Labute approximate surface area is 172 Å². The van der Waals surface area contributed by atoms with Crippen LogP contribution in [-0.4, -0.2) is 23.8 Å². The summed E-state index contributed by atoms with van der Waals surface area (Å²) in [4.78, 5) is 44.2. The summed E-state index contributed by atoms with van der Waals surface area (Å²) < 4.78 is 0. The monoisotopic (exact) mass is 406 g/mol. The van der Waals surface area contributed by atoms with Crippen molar-refractivity contribution in [3.63, 3.8) is 0 Å². The van der Waals surface area contributed by atoms with E-state index in [0.29, 0.717) is 23.5 Å². The number of hydrogen-bond acceptors (Lipinski definition) is 6. The summed E-state index contributed by atoms with van der Waals surface area (Å²) in [7, 11) is 0. The van der Waals surface area contributed by atoms with Gasteiger partial charge in [0.15, 0.2) is 0 Å². The van der Waals surface area contributed by atoms with Gasteiger partial charge < -0.3 is 30.4 Å². The van der Waals surface area contributed by atoms with Crippen LogP contribution in [0.15, 0.2) is 60.7 Å². The van der Waals surface area contributed by atoms with Crippen LogP contribution in [0.5, 0.6) is 0 Å². The Morgan fingerprint density at radius 3 is 1.33 bits per heavy atom. The van der Waals surface area contributed by atoms with Crippen LogP contribution in [-0.2, 0) is 19.2 Å². The Morgan fingerprint density at radius 2 is 1.03 bits per heavy atom. The lowest BCUT2D eigenvalue weighted by Crippen LogP contribution is -2.20. The second-order valence-corrected chi connectivity index (χ2v) is 6.34. The maximum absolute atomic E-state index is 11.7. The van der Waals surface area contributed by atoms with Crippen molar-refractivity contribution in [2.24, 2.45) is 0 Å². The molecule has 154 valence electrons. The number of hydrogen-bond donors (Lipinski definition) is 2. The van der Waals surface area contributed by atoms with Gasteiger partial charge in [-0.25, -0.2) is 0 Å². The number of nitrogens with one attached hydrogen (secondary N) is 2. The summed E-state index contributed by atoms with van der Waals surface area (Å²) in [5, 5.41) is 25.9. The van der Waals surface area contributed by atoms with Gasteiger partial charge in [-0.1, -0.05) is 12.1 Å². The van der Waals surface area contributed by atoms with E-state index in [4.69, 9.17) is 0 Å². The summed E-state index contributed by atoms with van der Waals surface area (Å²) in [6.07, 6.45) is 3.05. The normalized spacial score (nSPS) is 10.9. The molecule has 2 amide bonds. The van der Waals surface area contributed by atoms with Crippen molar-refractivity contribution in [3.05, 3.63) is 71.8 Å². The average Bonchev–Trinajstić information content (AvgIpc) is 2.68. The van der Waals surface area contributed by atoms with Gasteiger partial charge in [0, 0.05) is 23.5 Å². The van der Waals surface area contributed by atoms with Crippen molar-refractivity contribution < 1.29 is 29.4 Å². The van der Waals surface area contributed by atoms with Crippen LogP contribution >= 0.6 is 0 Å². The lowest BCUT2D eigenvalue weighted by molar-refractivity contribution is -0.298. The number of carboxylic acids is 2. The second kappa shape index (κ2) is 9.83. The number of anilines is 2. The molecule has 0 bridgehead atoms. The zero-order valence-corrected chi connectivity index (χ0v) is 16.2. The van der Waals surface area contributed by atoms with Gasteiger partial charge >= 0.3 is 0 Å². The minimum atomic E-state index is -1.46. The molecule has 0 aliphatic carbocycles. The molecule has 0 aliphatic heterocycles. The highest BCUT2D eigenvalue weighted by molar-refractivity contribution is 6.03. The number of rotatable bonds is 7. The van der Waals surface area contributed by atoms with E-state index in [1.807, 2.05) is 12.1 Å². The van der Waals surface area contributed by atoms with Gasteiger partial charge in [-0.05, 0) is 72.5 Å². The molecule has 0 atom stereocenters. The highest BCUT2D eigenvalue weighted by Crippen LogP contribution is 2.28. The van der Waals surface area contributed by atoms with Gasteiger partial charge in [0.2, 0.25) is 11.8 Å². The van der Waals surface area contributed by atoms with Gasteiger partial charge in [0.25, 0.3) is 0 Å². The largest absolute Gasteiger partial charge is 0.545 e. The number of aryl methyl sites for hydroxylation is 2. The van der Waals surface area contributed by atoms with Crippen molar-refractivity contribution >= 4 is 35.1 Å². The molecule has 0 saturated carbocycles. The Morgan fingerprint density at radius 1 is 0.667 bits per heavy atom. The fourth-order valence-electron chi connectivity index (χ4n) is 2.60. The smallest absolute Gasteiger partial charge is 0.248 e. The maximum Gasteiger partial charge on any atom is 0.248 e. The minimum absolute atomic E-state index is 0.534. The van der Waals surface area contributed by atoms with Gasteiger partial charge in [0.05, 0.1) is 11.9 Å². The Kier molecular flexibility index (Phi) is 7.24. The molecule has 0 fully saturated rings. The molecule has 8 nitrogen and oxygen atoms in total. The van der Waals surface area contributed by atoms with Crippen molar-refractivity contribution in [2.75, 3.05) is 10.6 Å². The van der Waals surface area contributed by atoms with Gasteiger partial charge in [0.1, 0.15) is 0 Å². The molecular formula is C22H18N2O6-2. The fourth-order valence-corrected chi connectivity index (χ4v) is 2.60. The van der Waals surface area contributed by atoms with Crippen LogP contribution in [0.2, 0.25) is 0 Å². The first-order valence-electron chi connectivity index (χ1n) is 8.77. The predicted molar refractivity (Wildman–Crippen MR) is 107 cm³/mol. The van der Waals surface area contributed by atoms with Crippen LogP contribution in [0.4, 0.5) is 11.4 Å². The summed E-state index contributed by atoms with van der Waals surface area (Å²) in [6.45, 7) is 3.60. The topological polar surface area (TPSA) is 138 Å². The first kappa shape index (κ1) is 22.1. The van der Waals surface area contributed by atoms with E-state index in [0.717, 1.165) is 34.4 Å². The van der Waals surface area contributed by atoms with Crippen molar-refractivity contribution in [2.45, 2.75) is 13.8 Å². The van der Waals surface area contributed by atoms with E-state index in [1.165, 1.54) is 0 Å². The summed E-state index contributed by atoms with van der Waals surface area (Å²) in [5.74, 6) is -4.08. The van der Waals surface area contributed by atoms with Crippen LogP contribution in [0.3, 0.4) is 0 Å². The highest BCUT2D eigenvalue weighted by Gasteiger charge is 2.07. The molecule has 0 radical (unpaired) electrons. The second-order valence-electron chi connectivity index (χ2n) is 6.34. The number of carbonyl (C=O) groups excluding carboxylic acids is 4. The predicted octanol–water partition coefficient (Wildman–Crippen LogP) is 0.460. The quantitative estimate of drug-likeness (QED) is 0.641. The van der Waals surface area contributed by atoms with Crippen molar-refractivity contribution in [1.29, 1.82) is 0 Å². The van der Waals surface area contributed by atoms with Gasteiger partial charge in [-0.3, -0.25) is 9.59 Å². The molecule has 2 N–H and O–H groups in total. The molecule has 2 rings (SSSR count). The number of carbonyl (C=O) groups is 4. The third-order valence-corrected chi connectivity index (χ3v) is 4.04. The SMILES string of the molecule is Cc1cc(-c2ccc(NC(=O)C=CC(=O)[O-])c(C)c2)ccc1NC(=O)C=CC(=O)[O-]. The number of aliphatic carboxylic acids is 2. The summed E-state index contributed by atoms with van der Waals surface area (Å²) in [5.41, 5.74) is 4.34. The third kappa shape index (κ3) is 6.45. The lowest BCUT2D eigenvalue weighted by Gasteiger charge is -2.12. The number of carboxylic acid groups (broad SMARTS) is 2. The molecule has 2 aromatic rings. The first-order chi connectivity index (χ1) is 14.2. The summed E-state index contributed by atoms with van der Waals surface area (Å²) >= 11 is 0. The van der Waals surface area contributed by atoms with Crippen LogP contribution in [0.25, 0.3) is 11.1 Å². The van der Waals surface area contributed by atoms with Gasteiger partial charge in [-0.2, -0.15) is 0 Å². The highest BCUT2D eigenvalue weighted by atomic mass is 16.4. The Hall–Kier alpha value is -4.20. The molecule has 0 heterocycles. The standard InChI is InChI=1S/C22H20N2O6/c1-13-11-15(3-5-17(13)23-19(25)7-9-21(27)28)16-4-6-18(14(2)12-16)24-20(26)8-10-22(29)30/h3-12H,1-2H3,(H,23,25)(H,24,26)(H,27,28)(H,29,30)/p-2. The van der Waals surface area contributed by atoms with Crippen molar-refractivity contribution in [1.82, 2.24) is 0 Å². The molecule has 8 heteroatoms. The zero-order valence-electron chi connectivity index (χ0n) is 16.2. The summed E-state index contributed by atoms with van der Waals surface area (Å²) in [6, 6.07) is 10.7. The van der Waals surface area contributed by atoms with Gasteiger partial charge in [-0.15, -0.1) is 0 Å².